The highest BCUT2D eigenvalue weighted by molar-refractivity contribution is 7.96. The Kier molecular flexibility index (Phi) is 38.4. The van der Waals surface area contributed by atoms with Crippen molar-refractivity contribution in [1.82, 2.24) is 0 Å². The summed E-state index contributed by atoms with van der Waals surface area (Å²) in [6.45, 7) is 13.4. The van der Waals surface area contributed by atoms with Crippen LogP contribution in [-0.4, -0.2) is 213 Å². The summed E-state index contributed by atoms with van der Waals surface area (Å²) in [5, 5.41) is 0. The molecule has 2 rings (SSSR count). The Labute approximate surface area is 502 Å². The Morgan fingerprint density at radius 1 is 0.379 bits per heavy atom. The Bertz CT molecular complexity index is 2100. The molecule has 2 aromatic heterocycles. The Hall–Kier alpha value is -2.85. The van der Waals surface area contributed by atoms with Crippen molar-refractivity contribution in [3.63, 3.8) is 0 Å². The molecule has 0 bridgehead atoms. The van der Waals surface area contributed by atoms with Gasteiger partial charge in [-0.2, -0.15) is 74.6 Å². The summed E-state index contributed by atoms with van der Waals surface area (Å²) in [7, 11) is 2.34. The molecular weight excluding hydrogens is 1250 g/mol. The number of hydrogen-bond donors (Lipinski definition) is 0. The first-order chi connectivity index (χ1) is 41.1. The molecule has 33 heteroatoms. The molecule has 0 saturated heterocycles. The molecular formula is C54H80F17N2O12PS+2. The molecule has 14 nitrogen and oxygen atoms in total. The van der Waals surface area contributed by atoms with Crippen molar-refractivity contribution >= 4 is 19.2 Å². The van der Waals surface area contributed by atoms with Crippen molar-refractivity contribution in [2.24, 2.45) is 0 Å². The van der Waals surface area contributed by atoms with Gasteiger partial charge in [0.2, 0.25) is 0 Å². The third-order valence-electron chi connectivity index (χ3n) is 12.9. The van der Waals surface area contributed by atoms with Gasteiger partial charge in [-0.15, -0.1) is 0 Å². The first kappa shape index (κ1) is 80.2. The number of unbranched alkanes of at least 4 members (excludes halogenated alkanes) is 3. The summed E-state index contributed by atoms with van der Waals surface area (Å²) in [6, 6.07) is 7.69. The maximum Gasteiger partial charge on any atom is 0.460 e. The lowest BCUT2D eigenvalue weighted by Gasteiger charge is -2.42. The zero-order chi connectivity index (χ0) is 64.9. The van der Waals surface area contributed by atoms with Crippen molar-refractivity contribution in [2.45, 2.75) is 118 Å². The number of methoxy groups -OCH3 is 1. The lowest BCUT2D eigenvalue weighted by Crippen LogP contribution is -2.74. The molecule has 0 spiro atoms. The zero-order valence-corrected chi connectivity index (χ0v) is 50.2. The summed E-state index contributed by atoms with van der Waals surface area (Å²) >= 11 is 5.25. The number of nitrogens with zero attached hydrogens (tertiary/aromatic N) is 2. The molecule has 0 fully saturated rings. The van der Waals surface area contributed by atoms with Crippen molar-refractivity contribution in [3.05, 3.63) is 60.2 Å². The molecule has 2 unspecified atom stereocenters. The van der Waals surface area contributed by atoms with Gasteiger partial charge >= 0.3 is 47.6 Å². The minimum atomic E-state index is -8.63. The van der Waals surface area contributed by atoms with Gasteiger partial charge in [0, 0.05) is 50.4 Å². The molecule has 87 heavy (non-hydrogen) atoms. The van der Waals surface area contributed by atoms with Crippen LogP contribution in [0.15, 0.2) is 49.1 Å². The molecule has 0 radical (unpaired) electrons. The number of aromatic nitrogens is 2. The second kappa shape index (κ2) is 41.6. The third-order valence-corrected chi connectivity index (χ3v) is 13.9. The van der Waals surface area contributed by atoms with Crippen molar-refractivity contribution < 1.29 is 141 Å². The van der Waals surface area contributed by atoms with Gasteiger partial charge in [0.05, 0.1) is 145 Å². The number of hydrogen-bond acceptors (Lipinski definition) is 13. The van der Waals surface area contributed by atoms with Crippen LogP contribution in [0.2, 0.25) is 0 Å². The molecule has 0 aliphatic heterocycles. The molecule has 2 atom stereocenters. The standard InChI is InChI=1S/C54H80F17N2O12PS/c1-43(41-46(42-86-87)45-9-15-72(16-10-45)12-6-4-3-5-11-47(55,56)48(57,58)49(59,60)50(61,62)51(63,64)52(65,66)53(67,68)54(69,70)71)44-7-13-73(14-8-44)17-18-75-21-22-77-25-26-79-29-30-81-33-34-83-37-38-85-40-39-84-36-35-82-32-31-80-28-27-78-24-23-76-20-19-74-2/h7-10,13-16,43,46H,3-6,11-12,17-42H2,1-2H3/q+2. The van der Waals surface area contributed by atoms with E-state index in [4.69, 9.17) is 68.6 Å². The number of rotatable bonds is 55. The zero-order valence-electron chi connectivity index (χ0n) is 48.5. The largest absolute Gasteiger partial charge is 0.460 e. The van der Waals surface area contributed by atoms with Gasteiger partial charge in [-0.1, -0.05) is 25.2 Å². The molecule has 0 N–H and O–H groups in total. The fraction of sp³-hybridized carbons (Fsp3) is 0.815. The van der Waals surface area contributed by atoms with Gasteiger partial charge in [-0.25, -0.2) is 9.13 Å². The smallest absolute Gasteiger partial charge is 0.382 e. The van der Waals surface area contributed by atoms with Gasteiger partial charge in [-0.3, -0.25) is 0 Å². The highest BCUT2D eigenvalue weighted by Gasteiger charge is 2.95. The average molecular weight is 1340 g/mol. The van der Waals surface area contributed by atoms with E-state index in [-0.39, 0.29) is 31.2 Å². The summed E-state index contributed by atoms with van der Waals surface area (Å²) < 4.78 is 300. The monoisotopic (exact) mass is 1330 g/mol. The molecule has 506 valence electrons. The molecule has 0 saturated carbocycles. The summed E-state index contributed by atoms with van der Waals surface area (Å²) in [6.07, 6.45) is -3.05. The van der Waals surface area contributed by atoms with Crippen molar-refractivity contribution in [2.75, 3.05) is 165 Å². The summed E-state index contributed by atoms with van der Waals surface area (Å²) in [5.41, 5.74) is 2.03. The van der Waals surface area contributed by atoms with Crippen LogP contribution in [0.3, 0.4) is 0 Å². The highest BCUT2D eigenvalue weighted by Crippen LogP contribution is 2.64. The van der Waals surface area contributed by atoms with Gasteiger partial charge in [0.1, 0.15) is 13.2 Å². The Morgan fingerprint density at radius 3 is 1.02 bits per heavy atom. The van der Waals surface area contributed by atoms with E-state index in [1.54, 1.807) is 24.1 Å². The van der Waals surface area contributed by atoms with E-state index in [1.165, 1.54) is 0 Å². The van der Waals surface area contributed by atoms with E-state index >= 15 is 0 Å². The van der Waals surface area contributed by atoms with Crippen LogP contribution in [0.5, 0.6) is 0 Å². The van der Waals surface area contributed by atoms with Crippen LogP contribution in [-0.2, 0) is 81.7 Å². The number of pyridine rings is 2. The van der Waals surface area contributed by atoms with Crippen LogP contribution < -0.4 is 9.13 Å². The number of halogens is 17. The molecule has 0 aromatic carbocycles. The van der Waals surface area contributed by atoms with Gasteiger partial charge in [-0.05, 0) is 49.6 Å². The topological polar surface area (TPSA) is 119 Å². The molecule has 2 heterocycles. The predicted octanol–water partition coefficient (Wildman–Crippen LogP) is 10.7. The van der Waals surface area contributed by atoms with E-state index in [1.807, 2.05) is 41.2 Å². The number of ether oxygens (including phenoxy) is 12. The van der Waals surface area contributed by atoms with Crippen LogP contribution in [0.25, 0.3) is 0 Å². The highest BCUT2D eigenvalue weighted by atomic mass is 32.4. The van der Waals surface area contributed by atoms with E-state index < -0.39 is 66.9 Å². The number of aryl methyl sites for hydroxylation is 1. The van der Waals surface area contributed by atoms with Crippen molar-refractivity contribution in [3.8, 4) is 0 Å². The fourth-order valence-electron chi connectivity index (χ4n) is 7.77. The predicted molar refractivity (Wildman–Crippen MR) is 283 cm³/mol. The van der Waals surface area contributed by atoms with Gasteiger partial charge < -0.3 is 56.8 Å². The molecule has 0 aliphatic carbocycles. The van der Waals surface area contributed by atoms with Crippen molar-refractivity contribution in [1.29, 1.82) is 0 Å². The summed E-state index contributed by atoms with van der Waals surface area (Å²) in [5.74, 6) is -56.0. The minimum Gasteiger partial charge on any atom is -0.382 e. The van der Waals surface area contributed by atoms with Crippen LogP contribution in [0, 0.1) is 0 Å². The second-order valence-corrected chi connectivity index (χ2v) is 20.8. The number of alkyl halides is 17. The van der Waals surface area contributed by atoms with E-state index in [0.29, 0.717) is 172 Å². The first-order valence-corrected chi connectivity index (χ1v) is 30.0. The third kappa shape index (κ3) is 27.1. The quantitative estimate of drug-likeness (QED) is 0.0271. The second-order valence-electron chi connectivity index (χ2n) is 19.4. The fourth-order valence-corrected chi connectivity index (χ4v) is 8.85. The minimum absolute atomic E-state index is 0.0387. The van der Waals surface area contributed by atoms with Gasteiger partial charge in [0.15, 0.2) is 31.3 Å². The maximum absolute atomic E-state index is 14.3. The maximum atomic E-state index is 14.3. The Balaban J connectivity index is 1.53. The normalized spacial score (nSPS) is 14.1. The molecule has 2 aromatic rings. The van der Waals surface area contributed by atoms with E-state index in [9.17, 15) is 74.6 Å². The SMILES string of the molecule is COCCOCCOCCOCCOCCOCCOCCOCCOCCOCCOCCOCC[n+]1ccc(C(C)CC(CP=S)c2cc[n+](CCCCCCC(F)(F)C(F)(F)C(F)(F)C(F)(F)C(F)(F)C(F)(F)C(F)(F)C(F)(F)F)cc2)cc1. The first-order valence-electron chi connectivity index (χ1n) is 27.9. The lowest BCUT2D eigenvalue weighted by atomic mass is 9.87. The average Bonchev–Trinajstić information content (AvgIpc) is 0.704. The molecule has 0 amide bonds. The van der Waals surface area contributed by atoms with Gasteiger partial charge in [0.25, 0.3) is 0 Å². The van der Waals surface area contributed by atoms with E-state index in [0.717, 1.165) is 17.5 Å². The van der Waals surface area contributed by atoms with Crippen LogP contribution in [0.1, 0.15) is 68.4 Å². The lowest BCUT2D eigenvalue weighted by molar-refractivity contribution is -0.698. The summed E-state index contributed by atoms with van der Waals surface area (Å²) in [4.78, 5) is 0. The van der Waals surface area contributed by atoms with E-state index in [2.05, 4.69) is 6.92 Å². The Morgan fingerprint density at radius 2 is 0.678 bits per heavy atom. The van der Waals surface area contributed by atoms with Crippen LogP contribution >= 0.6 is 7.36 Å². The van der Waals surface area contributed by atoms with Crippen LogP contribution in [0.4, 0.5) is 74.6 Å². The molecule has 0 aliphatic rings.